The SMILES string of the molecule is CC(=O)NC(C(=O)O)c1ccccc1C(F)(F)F. The molecule has 1 rings (SSSR count). The zero-order valence-electron chi connectivity index (χ0n) is 9.28. The first kappa shape index (κ1) is 14.0. The van der Waals surface area contributed by atoms with E-state index in [2.05, 4.69) is 0 Å². The Bertz CT molecular complexity index is 471. The Morgan fingerprint density at radius 1 is 1.28 bits per heavy atom. The summed E-state index contributed by atoms with van der Waals surface area (Å²) in [6.07, 6.45) is -4.68. The molecule has 0 aliphatic carbocycles. The second-order valence-electron chi connectivity index (χ2n) is 3.56. The summed E-state index contributed by atoms with van der Waals surface area (Å²) in [5, 5.41) is 10.9. The van der Waals surface area contributed by atoms with E-state index in [4.69, 9.17) is 5.11 Å². The van der Waals surface area contributed by atoms with Gasteiger partial charge < -0.3 is 10.4 Å². The third-order valence-corrected chi connectivity index (χ3v) is 2.17. The fourth-order valence-electron chi connectivity index (χ4n) is 1.48. The molecule has 2 N–H and O–H groups in total. The van der Waals surface area contributed by atoms with Crippen LogP contribution in [0.2, 0.25) is 0 Å². The van der Waals surface area contributed by atoms with Gasteiger partial charge in [0.05, 0.1) is 5.56 Å². The van der Waals surface area contributed by atoms with Crippen molar-refractivity contribution >= 4 is 11.9 Å². The molecule has 1 aromatic carbocycles. The van der Waals surface area contributed by atoms with Crippen LogP contribution in [0.4, 0.5) is 13.2 Å². The van der Waals surface area contributed by atoms with Gasteiger partial charge in [0.2, 0.25) is 5.91 Å². The van der Waals surface area contributed by atoms with Crippen molar-refractivity contribution in [1.29, 1.82) is 0 Å². The van der Waals surface area contributed by atoms with Crippen molar-refractivity contribution in [1.82, 2.24) is 5.32 Å². The van der Waals surface area contributed by atoms with Crippen molar-refractivity contribution < 1.29 is 27.9 Å². The summed E-state index contributed by atoms with van der Waals surface area (Å²) < 4.78 is 38.1. The quantitative estimate of drug-likeness (QED) is 0.874. The van der Waals surface area contributed by atoms with Crippen LogP contribution in [0, 0.1) is 0 Å². The van der Waals surface area contributed by atoms with Crippen molar-refractivity contribution in [2.75, 3.05) is 0 Å². The predicted octanol–water partition coefficient (Wildman–Crippen LogP) is 1.97. The van der Waals surface area contributed by atoms with Gasteiger partial charge in [-0.2, -0.15) is 13.2 Å². The van der Waals surface area contributed by atoms with E-state index in [1.165, 1.54) is 6.07 Å². The maximum absolute atomic E-state index is 12.7. The Morgan fingerprint density at radius 2 is 1.83 bits per heavy atom. The highest BCUT2D eigenvalue weighted by molar-refractivity contribution is 5.83. The van der Waals surface area contributed by atoms with Crippen LogP contribution in [0.15, 0.2) is 24.3 Å². The molecule has 1 atom stereocenters. The van der Waals surface area contributed by atoms with Crippen LogP contribution < -0.4 is 5.32 Å². The molecule has 0 aromatic heterocycles. The minimum absolute atomic E-state index is 0.493. The second kappa shape index (κ2) is 5.07. The van der Waals surface area contributed by atoms with Gasteiger partial charge >= 0.3 is 12.1 Å². The molecule has 98 valence electrons. The van der Waals surface area contributed by atoms with Crippen LogP contribution in [0.3, 0.4) is 0 Å². The van der Waals surface area contributed by atoms with Crippen molar-refractivity contribution in [3.8, 4) is 0 Å². The number of benzene rings is 1. The minimum atomic E-state index is -4.68. The predicted molar refractivity (Wildman–Crippen MR) is 55.6 cm³/mol. The number of carboxylic acid groups (broad SMARTS) is 1. The molecule has 0 saturated carbocycles. The van der Waals surface area contributed by atoms with E-state index in [9.17, 15) is 22.8 Å². The molecular formula is C11H10F3NO3. The standard InChI is InChI=1S/C11H10F3NO3/c1-6(16)15-9(10(17)18)7-4-2-3-5-8(7)11(12,13)14/h2-5,9H,1H3,(H,15,16)(H,17,18). The number of aliphatic carboxylic acids is 1. The van der Waals surface area contributed by atoms with Crippen LogP contribution in [-0.2, 0) is 15.8 Å². The average Bonchev–Trinajstić information content (AvgIpc) is 2.24. The second-order valence-corrected chi connectivity index (χ2v) is 3.56. The molecule has 0 fully saturated rings. The fraction of sp³-hybridized carbons (Fsp3) is 0.273. The summed E-state index contributed by atoms with van der Waals surface area (Å²) >= 11 is 0. The number of carbonyl (C=O) groups is 2. The van der Waals surface area contributed by atoms with Gasteiger partial charge in [-0.15, -0.1) is 0 Å². The molecule has 0 aliphatic heterocycles. The molecule has 0 heterocycles. The number of alkyl halides is 3. The first-order valence-electron chi connectivity index (χ1n) is 4.89. The number of rotatable bonds is 3. The first-order valence-corrected chi connectivity index (χ1v) is 4.89. The Kier molecular flexibility index (Phi) is 3.95. The van der Waals surface area contributed by atoms with Crippen LogP contribution in [0.25, 0.3) is 0 Å². The maximum atomic E-state index is 12.7. The number of halogens is 3. The minimum Gasteiger partial charge on any atom is -0.479 e. The molecule has 0 aliphatic rings. The summed E-state index contributed by atoms with van der Waals surface area (Å²) in [5.74, 6) is -2.28. The van der Waals surface area contributed by atoms with Crippen molar-refractivity contribution in [2.45, 2.75) is 19.1 Å². The normalized spacial score (nSPS) is 12.9. The van der Waals surface area contributed by atoms with Crippen LogP contribution in [0.5, 0.6) is 0 Å². The number of hydrogen-bond donors (Lipinski definition) is 2. The van der Waals surface area contributed by atoms with Crippen LogP contribution >= 0.6 is 0 Å². The molecule has 0 spiro atoms. The van der Waals surface area contributed by atoms with Gasteiger partial charge in [0.1, 0.15) is 0 Å². The van der Waals surface area contributed by atoms with E-state index in [-0.39, 0.29) is 0 Å². The highest BCUT2D eigenvalue weighted by atomic mass is 19.4. The van der Waals surface area contributed by atoms with Gasteiger partial charge in [0.15, 0.2) is 6.04 Å². The highest BCUT2D eigenvalue weighted by Gasteiger charge is 2.36. The Hall–Kier alpha value is -2.05. The number of carbonyl (C=O) groups excluding carboxylic acids is 1. The van der Waals surface area contributed by atoms with Crippen LogP contribution in [0.1, 0.15) is 24.1 Å². The molecule has 7 heteroatoms. The lowest BCUT2D eigenvalue weighted by Crippen LogP contribution is -2.33. The molecular weight excluding hydrogens is 251 g/mol. The first-order chi connectivity index (χ1) is 8.23. The van der Waals surface area contributed by atoms with Crippen molar-refractivity contribution in [3.05, 3.63) is 35.4 Å². The Labute approximate surface area is 100 Å². The number of amides is 1. The average molecular weight is 261 g/mol. The van der Waals surface area contributed by atoms with E-state index < -0.39 is 35.2 Å². The molecule has 1 unspecified atom stereocenters. The maximum Gasteiger partial charge on any atom is 0.416 e. The third kappa shape index (κ3) is 3.22. The summed E-state index contributed by atoms with van der Waals surface area (Å²) in [4.78, 5) is 21.8. The van der Waals surface area contributed by atoms with E-state index in [1.54, 1.807) is 0 Å². The van der Waals surface area contributed by atoms with E-state index in [0.29, 0.717) is 0 Å². The summed E-state index contributed by atoms with van der Waals surface area (Å²) in [7, 11) is 0. The Balaban J connectivity index is 3.28. The van der Waals surface area contributed by atoms with Gasteiger partial charge in [0, 0.05) is 6.92 Å². The van der Waals surface area contributed by atoms with Crippen molar-refractivity contribution in [3.63, 3.8) is 0 Å². The van der Waals surface area contributed by atoms with E-state index >= 15 is 0 Å². The zero-order chi connectivity index (χ0) is 13.9. The highest BCUT2D eigenvalue weighted by Crippen LogP contribution is 2.34. The molecule has 18 heavy (non-hydrogen) atoms. The molecule has 0 saturated heterocycles. The van der Waals surface area contributed by atoms with Gasteiger partial charge in [-0.1, -0.05) is 18.2 Å². The topological polar surface area (TPSA) is 66.4 Å². The number of carboxylic acids is 1. The largest absolute Gasteiger partial charge is 0.479 e. The van der Waals surface area contributed by atoms with Gasteiger partial charge in [-0.05, 0) is 11.6 Å². The monoisotopic (exact) mass is 261 g/mol. The smallest absolute Gasteiger partial charge is 0.416 e. The van der Waals surface area contributed by atoms with Crippen LogP contribution in [-0.4, -0.2) is 17.0 Å². The Morgan fingerprint density at radius 3 is 2.28 bits per heavy atom. The fourth-order valence-corrected chi connectivity index (χ4v) is 1.48. The van der Waals surface area contributed by atoms with Crippen molar-refractivity contribution in [2.24, 2.45) is 0 Å². The zero-order valence-corrected chi connectivity index (χ0v) is 9.28. The lowest BCUT2D eigenvalue weighted by atomic mass is 10.00. The molecule has 0 bridgehead atoms. The summed E-state index contributed by atoms with van der Waals surface area (Å²) in [5.41, 5.74) is -1.57. The summed E-state index contributed by atoms with van der Waals surface area (Å²) in [6.45, 7) is 1.03. The van der Waals surface area contributed by atoms with Gasteiger partial charge in [-0.3, -0.25) is 4.79 Å². The van der Waals surface area contributed by atoms with E-state index in [0.717, 1.165) is 25.1 Å². The number of nitrogens with one attached hydrogen (secondary N) is 1. The molecule has 4 nitrogen and oxygen atoms in total. The molecule has 0 radical (unpaired) electrons. The lowest BCUT2D eigenvalue weighted by Gasteiger charge is -2.18. The van der Waals surface area contributed by atoms with Gasteiger partial charge in [-0.25, -0.2) is 4.79 Å². The molecule has 1 aromatic rings. The number of hydrogen-bond acceptors (Lipinski definition) is 2. The van der Waals surface area contributed by atoms with E-state index in [1.807, 2.05) is 5.32 Å². The molecule has 1 amide bonds. The summed E-state index contributed by atoms with van der Waals surface area (Å²) in [6, 6.07) is 2.51. The van der Waals surface area contributed by atoms with Gasteiger partial charge in [0.25, 0.3) is 0 Å². The third-order valence-electron chi connectivity index (χ3n) is 2.17. The lowest BCUT2D eigenvalue weighted by molar-refractivity contribution is -0.144.